The van der Waals surface area contributed by atoms with Gasteiger partial charge in [-0.1, -0.05) is 34.8 Å². The minimum Gasteiger partial charge on any atom is -0.399 e. The molecule has 3 nitrogen and oxygen atoms in total. The molecule has 2 aromatic rings. The van der Waals surface area contributed by atoms with Gasteiger partial charge in [0.25, 0.3) is 5.91 Å². The van der Waals surface area contributed by atoms with Crippen LogP contribution in [0.4, 0.5) is 15.8 Å². The van der Waals surface area contributed by atoms with Crippen molar-refractivity contribution in [3.05, 3.63) is 56.8 Å². The topological polar surface area (TPSA) is 55.1 Å². The van der Waals surface area contributed by atoms with Crippen LogP contribution in [-0.2, 0) is 0 Å². The first-order valence-corrected chi connectivity index (χ1v) is 6.52. The molecule has 0 heterocycles. The van der Waals surface area contributed by atoms with Gasteiger partial charge in [0.05, 0.1) is 15.7 Å². The summed E-state index contributed by atoms with van der Waals surface area (Å²) in [6, 6.07) is 6.38. The van der Waals surface area contributed by atoms with Gasteiger partial charge in [0.1, 0.15) is 5.82 Å². The molecule has 0 atom stereocenters. The van der Waals surface area contributed by atoms with E-state index >= 15 is 0 Å². The van der Waals surface area contributed by atoms with E-state index in [2.05, 4.69) is 5.32 Å². The summed E-state index contributed by atoms with van der Waals surface area (Å²) in [6.07, 6.45) is 0. The van der Waals surface area contributed by atoms with Crippen LogP contribution in [0, 0.1) is 5.82 Å². The summed E-state index contributed by atoms with van der Waals surface area (Å²) in [4.78, 5) is 12.0. The van der Waals surface area contributed by atoms with E-state index in [1.807, 2.05) is 0 Å². The third-order valence-corrected chi connectivity index (χ3v) is 3.24. The zero-order valence-corrected chi connectivity index (χ0v) is 12.2. The standard InChI is InChI=1S/C13H8Cl3FN2O/c14-7-3-10(15)12(11(16)4-7)19-13(20)6-1-8(17)5-9(18)2-6/h1-5H,18H2,(H,19,20). The van der Waals surface area contributed by atoms with E-state index in [4.69, 9.17) is 40.5 Å². The lowest BCUT2D eigenvalue weighted by atomic mass is 10.1. The van der Waals surface area contributed by atoms with Crippen molar-refractivity contribution in [2.45, 2.75) is 0 Å². The lowest BCUT2D eigenvalue weighted by molar-refractivity contribution is 0.102. The highest BCUT2D eigenvalue weighted by molar-refractivity contribution is 6.42. The quantitative estimate of drug-likeness (QED) is 0.788. The number of halogens is 4. The first-order chi connectivity index (χ1) is 9.36. The third-order valence-electron chi connectivity index (χ3n) is 2.43. The highest BCUT2D eigenvalue weighted by Gasteiger charge is 2.14. The summed E-state index contributed by atoms with van der Waals surface area (Å²) in [5.41, 5.74) is 5.88. The van der Waals surface area contributed by atoms with E-state index in [9.17, 15) is 9.18 Å². The number of carbonyl (C=O) groups is 1. The molecule has 0 fully saturated rings. The Morgan fingerprint density at radius 3 is 2.20 bits per heavy atom. The highest BCUT2D eigenvalue weighted by atomic mass is 35.5. The van der Waals surface area contributed by atoms with Crippen molar-refractivity contribution < 1.29 is 9.18 Å². The van der Waals surface area contributed by atoms with Gasteiger partial charge < -0.3 is 11.1 Å². The van der Waals surface area contributed by atoms with Gasteiger partial charge in [0.15, 0.2) is 0 Å². The third kappa shape index (κ3) is 3.33. The molecule has 0 spiro atoms. The lowest BCUT2D eigenvalue weighted by Gasteiger charge is -2.10. The van der Waals surface area contributed by atoms with Crippen molar-refractivity contribution >= 4 is 52.1 Å². The van der Waals surface area contributed by atoms with Crippen LogP contribution in [0.3, 0.4) is 0 Å². The zero-order valence-electron chi connectivity index (χ0n) is 9.88. The largest absolute Gasteiger partial charge is 0.399 e. The van der Waals surface area contributed by atoms with Gasteiger partial charge in [-0.2, -0.15) is 0 Å². The molecule has 0 unspecified atom stereocenters. The second-order valence-electron chi connectivity index (χ2n) is 3.97. The van der Waals surface area contributed by atoms with E-state index in [0.717, 1.165) is 12.1 Å². The summed E-state index contributed by atoms with van der Waals surface area (Å²) < 4.78 is 13.2. The minimum absolute atomic E-state index is 0.0598. The number of rotatable bonds is 2. The Hall–Kier alpha value is -1.49. The van der Waals surface area contributed by atoms with E-state index < -0.39 is 11.7 Å². The average molecular weight is 334 g/mol. The summed E-state index contributed by atoms with van der Waals surface area (Å²) in [5, 5.41) is 3.20. The van der Waals surface area contributed by atoms with Crippen molar-refractivity contribution in [3.63, 3.8) is 0 Å². The molecule has 0 bridgehead atoms. The summed E-state index contributed by atoms with van der Waals surface area (Å²) in [7, 11) is 0. The second kappa shape index (κ2) is 5.87. The Kier molecular flexibility index (Phi) is 4.38. The number of amides is 1. The average Bonchev–Trinajstić information content (AvgIpc) is 2.32. The number of hydrogen-bond acceptors (Lipinski definition) is 2. The molecule has 0 aliphatic rings. The minimum atomic E-state index is -0.608. The molecule has 7 heteroatoms. The highest BCUT2D eigenvalue weighted by Crippen LogP contribution is 2.34. The fraction of sp³-hybridized carbons (Fsp3) is 0. The first-order valence-electron chi connectivity index (χ1n) is 5.39. The van der Waals surface area contributed by atoms with Gasteiger partial charge in [0, 0.05) is 16.3 Å². The van der Waals surface area contributed by atoms with Gasteiger partial charge >= 0.3 is 0 Å². The molecule has 2 rings (SSSR count). The molecule has 0 aliphatic carbocycles. The Morgan fingerprint density at radius 1 is 1.05 bits per heavy atom. The summed E-state index contributed by atoms with van der Waals surface area (Å²) in [5.74, 6) is -1.19. The van der Waals surface area contributed by atoms with Crippen molar-refractivity contribution in [1.29, 1.82) is 0 Å². The van der Waals surface area contributed by atoms with Gasteiger partial charge in [-0.25, -0.2) is 4.39 Å². The molecular formula is C13H8Cl3FN2O. The van der Waals surface area contributed by atoms with Gasteiger partial charge in [-0.15, -0.1) is 0 Å². The predicted octanol–water partition coefficient (Wildman–Crippen LogP) is 4.62. The van der Waals surface area contributed by atoms with Crippen molar-refractivity contribution in [2.24, 2.45) is 0 Å². The molecular weight excluding hydrogens is 326 g/mol. The first kappa shape index (κ1) is 14.9. The number of anilines is 2. The van der Waals surface area contributed by atoms with Crippen molar-refractivity contribution in [3.8, 4) is 0 Å². The molecule has 0 saturated heterocycles. The fourth-order valence-electron chi connectivity index (χ4n) is 1.59. The smallest absolute Gasteiger partial charge is 0.255 e. The van der Waals surface area contributed by atoms with Crippen LogP contribution in [0.2, 0.25) is 15.1 Å². The van der Waals surface area contributed by atoms with Crippen LogP contribution in [-0.4, -0.2) is 5.91 Å². The Balaban J connectivity index is 2.32. The second-order valence-corrected chi connectivity index (χ2v) is 5.22. The molecule has 104 valence electrons. The number of nitrogen functional groups attached to an aromatic ring is 1. The van der Waals surface area contributed by atoms with Gasteiger partial charge in [0.2, 0.25) is 0 Å². The van der Waals surface area contributed by atoms with Crippen LogP contribution < -0.4 is 11.1 Å². The fourth-order valence-corrected chi connectivity index (χ4v) is 2.50. The Bertz CT molecular complexity index is 648. The molecule has 0 radical (unpaired) electrons. The Morgan fingerprint density at radius 2 is 1.65 bits per heavy atom. The summed E-state index contributed by atoms with van der Waals surface area (Å²) >= 11 is 17.7. The van der Waals surface area contributed by atoms with E-state index in [1.165, 1.54) is 18.2 Å². The van der Waals surface area contributed by atoms with Crippen LogP contribution in [0.15, 0.2) is 30.3 Å². The zero-order chi connectivity index (χ0) is 14.9. The number of carbonyl (C=O) groups excluding carboxylic acids is 1. The predicted molar refractivity (Wildman–Crippen MR) is 80.2 cm³/mol. The maximum Gasteiger partial charge on any atom is 0.255 e. The van der Waals surface area contributed by atoms with Crippen molar-refractivity contribution in [1.82, 2.24) is 0 Å². The number of benzene rings is 2. The molecule has 0 saturated carbocycles. The number of nitrogens with two attached hydrogens (primary N) is 1. The Labute approximate surface area is 129 Å². The summed E-state index contributed by atoms with van der Waals surface area (Å²) in [6.45, 7) is 0. The van der Waals surface area contributed by atoms with Gasteiger partial charge in [-0.05, 0) is 30.3 Å². The molecule has 1 amide bonds. The van der Waals surface area contributed by atoms with Crippen LogP contribution in [0.25, 0.3) is 0 Å². The van der Waals surface area contributed by atoms with Crippen LogP contribution in [0.5, 0.6) is 0 Å². The molecule has 3 N–H and O–H groups in total. The monoisotopic (exact) mass is 332 g/mol. The molecule has 0 aromatic heterocycles. The number of hydrogen-bond donors (Lipinski definition) is 2. The maximum absolute atomic E-state index is 13.2. The maximum atomic E-state index is 13.2. The molecule has 2 aromatic carbocycles. The van der Waals surface area contributed by atoms with E-state index in [0.29, 0.717) is 5.02 Å². The van der Waals surface area contributed by atoms with E-state index in [-0.39, 0.29) is 27.0 Å². The SMILES string of the molecule is Nc1cc(F)cc(C(=O)Nc2c(Cl)cc(Cl)cc2Cl)c1. The number of nitrogens with one attached hydrogen (secondary N) is 1. The normalized spacial score (nSPS) is 10.4. The lowest BCUT2D eigenvalue weighted by Crippen LogP contribution is -2.13. The van der Waals surface area contributed by atoms with Crippen LogP contribution in [0.1, 0.15) is 10.4 Å². The van der Waals surface area contributed by atoms with E-state index in [1.54, 1.807) is 0 Å². The molecule has 0 aliphatic heterocycles. The van der Waals surface area contributed by atoms with Crippen molar-refractivity contribution in [2.75, 3.05) is 11.1 Å². The van der Waals surface area contributed by atoms with Gasteiger partial charge in [-0.3, -0.25) is 4.79 Å². The molecule has 20 heavy (non-hydrogen) atoms. The van der Waals surface area contributed by atoms with Crippen LogP contribution >= 0.6 is 34.8 Å².